The van der Waals surface area contributed by atoms with E-state index in [1.807, 2.05) is 0 Å². The fraction of sp³-hybridized carbons (Fsp3) is 0.429. The summed E-state index contributed by atoms with van der Waals surface area (Å²) < 4.78 is 20.0. The van der Waals surface area contributed by atoms with Crippen molar-refractivity contribution in [2.24, 2.45) is 0 Å². The van der Waals surface area contributed by atoms with Crippen LogP contribution in [0, 0.1) is 0 Å². The van der Waals surface area contributed by atoms with Crippen LogP contribution < -0.4 is 0 Å². The topological polar surface area (TPSA) is 90.8 Å². The molecule has 1 N–H and O–H groups in total. The van der Waals surface area contributed by atoms with E-state index in [1.54, 1.807) is 26.8 Å². The van der Waals surface area contributed by atoms with E-state index in [9.17, 15) is 9.59 Å². The lowest BCUT2D eigenvalue weighted by atomic mass is 10.4. The fourth-order valence-electron chi connectivity index (χ4n) is 1.66. The van der Waals surface area contributed by atoms with Crippen molar-refractivity contribution >= 4 is 23.2 Å². The number of aromatic amines is 1. The zero-order valence-electron chi connectivity index (χ0n) is 12.0. The molecule has 114 valence electrons. The Morgan fingerprint density at radius 3 is 2.67 bits per heavy atom. The number of carbonyl (C=O) groups excluding carboxylic acids is 2. The molecular weight excluding hydrogens is 278 g/mol. The molecule has 2 heterocycles. The van der Waals surface area contributed by atoms with Crippen LogP contribution in [0.1, 0.15) is 37.7 Å². The summed E-state index contributed by atoms with van der Waals surface area (Å²) in [5.41, 5.74) is 1.47. The number of esters is 1. The summed E-state index contributed by atoms with van der Waals surface area (Å²) >= 11 is 0. The van der Waals surface area contributed by atoms with Crippen LogP contribution >= 0.6 is 0 Å². The van der Waals surface area contributed by atoms with Gasteiger partial charge in [0.05, 0.1) is 17.9 Å². The van der Waals surface area contributed by atoms with Crippen LogP contribution in [0.4, 0.5) is 4.79 Å². The second-order valence-electron chi connectivity index (χ2n) is 4.66. The predicted octanol–water partition coefficient (Wildman–Crippen LogP) is 3.22. The minimum absolute atomic E-state index is 0.226. The Balaban J connectivity index is 1.96. The van der Waals surface area contributed by atoms with Crippen LogP contribution in [-0.4, -0.2) is 29.5 Å². The number of carbonyl (C=O) groups is 2. The summed E-state index contributed by atoms with van der Waals surface area (Å²) in [7, 11) is 0. The highest BCUT2D eigenvalue weighted by molar-refractivity contribution is 5.93. The first-order chi connectivity index (χ1) is 9.99. The maximum absolute atomic E-state index is 12.0. The van der Waals surface area contributed by atoms with Gasteiger partial charge in [0.2, 0.25) is 0 Å². The highest BCUT2D eigenvalue weighted by atomic mass is 16.8. The first-order valence-corrected chi connectivity index (χ1v) is 6.64. The first kappa shape index (κ1) is 15.0. The van der Waals surface area contributed by atoms with Crippen LogP contribution in [0.15, 0.2) is 22.8 Å². The quantitative estimate of drug-likeness (QED) is 0.672. The third-order valence-corrected chi connectivity index (χ3v) is 2.59. The van der Waals surface area contributed by atoms with E-state index in [1.165, 1.54) is 12.3 Å². The Labute approximate surface area is 121 Å². The van der Waals surface area contributed by atoms with Crippen LogP contribution in [0.2, 0.25) is 0 Å². The molecular formula is C14H17NO6. The van der Waals surface area contributed by atoms with Crippen molar-refractivity contribution < 1.29 is 28.2 Å². The average Bonchev–Trinajstić information content (AvgIpc) is 2.97. The Kier molecular flexibility index (Phi) is 4.52. The zero-order chi connectivity index (χ0) is 15.4. The largest absolute Gasteiger partial charge is 0.511 e. The molecule has 0 fully saturated rings. The minimum Gasteiger partial charge on any atom is -0.463 e. The Hall–Kier alpha value is -2.44. The Bertz CT molecular complexity index is 598. The monoisotopic (exact) mass is 295 g/mol. The summed E-state index contributed by atoms with van der Waals surface area (Å²) in [4.78, 5) is 26.2. The van der Waals surface area contributed by atoms with Crippen LogP contribution in [0.25, 0.3) is 11.1 Å². The number of fused-ring (bicyclic) bond motifs is 1. The van der Waals surface area contributed by atoms with Gasteiger partial charge < -0.3 is 23.6 Å². The molecule has 0 aromatic carbocycles. The Morgan fingerprint density at radius 2 is 2.05 bits per heavy atom. The SMILES string of the molecule is CCC(OC(=O)OC(C)C)OC(=O)c1cc2occc2[nH]1. The number of ether oxygens (including phenoxy) is 3. The normalized spacial score (nSPS) is 12.4. The molecule has 0 amide bonds. The van der Waals surface area contributed by atoms with Crippen molar-refractivity contribution in [3.8, 4) is 0 Å². The lowest BCUT2D eigenvalue weighted by Crippen LogP contribution is -2.26. The maximum Gasteiger partial charge on any atom is 0.511 e. The number of furan rings is 1. The highest BCUT2D eigenvalue weighted by Crippen LogP contribution is 2.17. The van der Waals surface area contributed by atoms with Crippen molar-refractivity contribution in [1.29, 1.82) is 0 Å². The molecule has 1 atom stereocenters. The standard InChI is InChI=1S/C14H17NO6/c1-4-12(21-14(17)19-8(2)3)20-13(16)10-7-11-9(15-10)5-6-18-11/h5-8,12,15H,4H2,1-3H3. The van der Waals surface area contributed by atoms with E-state index in [0.717, 1.165) is 0 Å². The molecule has 0 bridgehead atoms. The van der Waals surface area contributed by atoms with Gasteiger partial charge in [-0.2, -0.15) is 0 Å². The van der Waals surface area contributed by atoms with Gasteiger partial charge in [-0.1, -0.05) is 6.92 Å². The second-order valence-corrected chi connectivity index (χ2v) is 4.66. The van der Waals surface area contributed by atoms with Crippen LogP contribution in [0.3, 0.4) is 0 Å². The molecule has 0 saturated heterocycles. The summed E-state index contributed by atoms with van der Waals surface area (Å²) in [6.07, 6.45) is -0.351. The first-order valence-electron chi connectivity index (χ1n) is 6.64. The number of aromatic nitrogens is 1. The number of H-pyrrole nitrogens is 1. The number of hydrogen-bond acceptors (Lipinski definition) is 6. The Morgan fingerprint density at radius 1 is 1.29 bits per heavy atom. The van der Waals surface area contributed by atoms with Gasteiger partial charge in [0.25, 0.3) is 6.29 Å². The molecule has 0 aliphatic heterocycles. The molecule has 2 rings (SSSR count). The fourth-order valence-corrected chi connectivity index (χ4v) is 1.66. The van der Waals surface area contributed by atoms with E-state index in [-0.39, 0.29) is 11.8 Å². The molecule has 0 radical (unpaired) electrons. The summed E-state index contributed by atoms with van der Waals surface area (Å²) in [5, 5.41) is 0. The number of hydrogen-bond donors (Lipinski definition) is 1. The molecule has 0 aliphatic carbocycles. The van der Waals surface area contributed by atoms with Gasteiger partial charge in [0.1, 0.15) is 5.69 Å². The molecule has 7 nitrogen and oxygen atoms in total. The molecule has 0 spiro atoms. The highest BCUT2D eigenvalue weighted by Gasteiger charge is 2.21. The summed E-state index contributed by atoms with van der Waals surface area (Å²) in [6.45, 7) is 5.12. The molecule has 0 aliphatic rings. The number of nitrogens with one attached hydrogen (secondary N) is 1. The van der Waals surface area contributed by atoms with Gasteiger partial charge in [-0.15, -0.1) is 0 Å². The van der Waals surface area contributed by atoms with E-state index < -0.39 is 18.4 Å². The smallest absolute Gasteiger partial charge is 0.463 e. The van der Waals surface area contributed by atoms with Crippen LogP contribution in [0.5, 0.6) is 0 Å². The lowest BCUT2D eigenvalue weighted by molar-refractivity contribution is -0.0977. The third kappa shape index (κ3) is 3.77. The summed E-state index contributed by atoms with van der Waals surface area (Å²) in [6, 6.07) is 3.22. The molecule has 2 aromatic rings. The van der Waals surface area contributed by atoms with Crippen molar-refractivity contribution in [2.45, 2.75) is 39.6 Å². The van der Waals surface area contributed by atoms with E-state index in [2.05, 4.69) is 4.98 Å². The van der Waals surface area contributed by atoms with E-state index >= 15 is 0 Å². The second kappa shape index (κ2) is 6.34. The molecule has 1 unspecified atom stereocenters. The van der Waals surface area contributed by atoms with Crippen molar-refractivity contribution in [3.05, 3.63) is 24.1 Å². The maximum atomic E-state index is 12.0. The van der Waals surface area contributed by atoms with E-state index in [0.29, 0.717) is 17.5 Å². The molecule has 21 heavy (non-hydrogen) atoms. The van der Waals surface area contributed by atoms with Crippen molar-refractivity contribution in [3.63, 3.8) is 0 Å². The van der Waals surface area contributed by atoms with Gasteiger partial charge in [-0.05, 0) is 13.8 Å². The van der Waals surface area contributed by atoms with Gasteiger partial charge in [0.15, 0.2) is 5.58 Å². The van der Waals surface area contributed by atoms with Gasteiger partial charge >= 0.3 is 12.1 Å². The average molecular weight is 295 g/mol. The number of rotatable bonds is 5. The van der Waals surface area contributed by atoms with Crippen molar-refractivity contribution in [1.82, 2.24) is 4.98 Å². The lowest BCUT2D eigenvalue weighted by Gasteiger charge is -2.16. The van der Waals surface area contributed by atoms with E-state index in [4.69, 9.17) is 18.6 Å². The van der Waals surface area contributed by atoms with Crippen molar-refractivity contribution in [2.75, 3.05) is 0 Å². The zero-order valence-corrected chi connectivity index (χ0v) is 12.0. The predicted molar refractivity (Wildman–Crippen MR) is 72.8 cm³/mol. The van der Waals surface area contributed by atoms with Gasteiger partial charge in [0, 0.05) is 18.6 Å². The third-order valence-electron chi connectivity index (χ3n) is 2.59. The molecule has 2 aromatic heterocycles. The minimum atomic E-state index is -1.00. The molecule has 0 saturated carbocycles. The molecule has 7 heteroatoms. The van der Waals surface area contributed by atoms with Crippen LogP contribution in [-0.2, 0) is 14.2 Å². The van der Waals surface area contributed by atoms with Gasteiger partial charge in [-0.3, -0.25) is 0 Å². The van der Waals surface area contributed by atoms with Gasteiger partial charge in [-0.25, -0.2) is 9.59 Å². The summed E-state index contributed by atoms with van der Waals surface area (Å²) in [5.74, 6) is -0.634.